The summed E-state index contributed by atoms with van der Waals surface area (Å²) in [6, 6.07) is 4.32. The Bertz CT molecular complexity index is 1010. The van der Waals surface area contributed by atoms with E-state index in [0.29, 0.717) is 31.7 Å². The van der Waals surface area contributed by atoms with Gasteiger partial charge in [-0.3, -0.25) is 9.59 Å². The molecule has 0 bridgehead atoms. The minimum absolute atomic E-state index is 0.0338. The lowest BCUT2D eigenvalue weighted by Crippen LogP contribution is -2.29. The maximum Gasteiger partial charge on any atom is 0.198 e. The zero-order valence-electron chi connectivity index (χ0n) is 17.1. The number of aromatic hydroxyl groups is 2. The van der Waals surface area contributed by atoms with Gasteiger partial charge in [-0.2, -0.15) is 0 Å². The van der Waals surface area contributed by atoms with Crippen LogP contribution in [0.3, 0.4) is 0 Å². The van der Waals surface area contributed by atoms with Crippen molar-refractivity contribution in [2.24, 2.45) is 0 Å². The third-order valence-electron chi connectivity index (χ3n) is 5.37. The SMILES string of the molecule is Nc1c(O)c(CCNCCO)c2c(c1CCNCCO)C(=O)c1cccc(O)c1C2=O. The van der Waals surface area contributed by atoms with Gasteiger partial charge in [0.15, 0.2) is 11.6 Å². The number of phenols is 2. The van der Waals surface area contributed by atoms with E-state index < -0.39 is 11.6 Å². The van der Waals surface area contributed by atoms with Gasteiger partial charge in [0.05, 0.1) is 24.5 Å². The fourth-order valence-electron chi connectivity index (χ4n) is 3.93. The Morgan fingerprint density at radius 2 is 1.35 bits per heavy atom. The Hall–Kier alpha value is -2.98. The number of nitrogen functional groups attached to an aromatic ring is 1. The molecule has 2 aromatic carbocycles. The number of fused-ring (bicyclic) bond motifs is 2. The number of aliphatic hydroxyl groups excluding tert-OH is 2. The molecular weight excluding hydrogens is 402 g/mol. The van der Waals surface area contributed by atoms with Crippen LogP contribution in [0.5, 0.6) is 11.5 Å². The quantitative estimate of drug-likeness (QED) is 0.130. The number of carbonyl (C=O) groups excluding carboxylic acids is 2. The fraction of sp³-hybridized carbons (Fsp3) is 0.364. The summed E-state index contributed by atoms with van der Waals surface area (Å²) in [4.78, 5) is 26.8. The first kappa shape index (κ1) is 22.7. The van der Waals surface area contributed by atoms with Crippen LogP contribution in [0, 0.1) is 0 Å². The number of rotatable bonds is 10. The van der Waals surface area contributed by atoms with Gasteiger partial charge in [-0.05, 0) is 37.6 Å². The molecule has 1 aliphatic rings. The summed E-state index contributed by atoms with van der Waals surface area (Å²) >= 11 is 0. The van der Waals surface area contributed by atoms with Crippen LogP contribution in [0.15, 0.2) is 18.2 Å². The molecule has 9 heteroatoms. The van der Waals surface area contributed by atoms with Crippen molar-refractivity contribution >= 4 is 17.3 Å². The molecular formula is C22H27N3O6. The van der Waals surface area contributed by atoms with Crippen molar-refractivity contribution in [1.82, 2.24) is 10.6 Å². The van der Waals surface area contributed by atoms with E-state index in [1.807, 2.05) is 0 Å². The summed E-state index contributed by atoms with van der Waals surface area (Å²) in [5.74, 6) is -1.54. The Kier molecular flexibility index (Phi) is 7.24. The van der Waals surface area contributed by atoms with E-state index in [-0.39, 0.29) is 71.1 Å². The van der Waals surface area contributed by atoms with E-state index in [0.717, 1.165) is 0 Å². The van der Waals surface area contributed by atoms with Gasteiger partial charge in [0.2, 0.25) is 0 Å². The van der Waals surface area contributed by atoms with Crippen LogP contribution in [0.2, 0.25) is 0 Å². The Labute approximate surface area is 179 Å². The van der Waals surface area contributed by atoms with Crippen LogP contribution >= 0.6 is 0 Å². The molecule has 0 unspecified atom stereocenters. The molecule has 0 fully saturated rings. The van der Waals surface area contributed by atoms with Crippen LogP contribution in [0.4, 0.5) is 5.69 Å². The molecule has 31 heavy (non-hydrogen) atoms. The van der Waals surface area contributed by atoms with Gasteiger partial charge >= 0.3 is 0 Å². The Balaban J connectivity index is 2.15. The molecule has 0 radical (unpaired) electrons. The van der Waals surface area contributed by atoms with E-state index in [2.05, 4.69) is 10.6 Å². The number of nitrogens with two attached hydrogens (primary N) is 1. The van der Waals surface area contributed by atoms with Crippen molar-refractivity contribution in [3.8, 4) is 11.5 Å². The first-order chi connectivity index (χ1) is 14.9. The van der Waals surface area contributed by atoms with Gasteiger partial charge in [-0.15, -0.1) is 0 Å². The fourth-order valence-corrected chi connectivity index (χ4v) is 3.93. The number of phenolic OH excluding ortho intramolecular Hbond substituents is 2. The number of anilines is 1. The average molecular weight is 429 g/mol. The second kappa shape index (κ2) is 9.88. The molecule has 0 saturated carbocycles. The maximum absolute atomic E-state index is 13.4. The van der Waals surface area contributed by atoms with Crippen molar-refractivity contribution in [2.75, 3.05) is 45.1 Å². The Morgan fingerprint density at radius 1 is 0.774 bits per heavy atom. The molecule has 3 rings (SSSR count). The van der Waals surface area contributed by atoms with E-state index in [9.17, 15) is 19.8 Å². The van der Waals surface area contributed by atoms with Gasteiger partial charge in [-0.1, -0.05) is 12.1 Å². The minimum Gasteiger partial charge on any atom is -0.507 e. The van der Waals surface area contributed by atoms with E-state index in [4.69, 9.17) is 15.9 Å². The van der Waals surface area contributed by atoms with Gasteiger partial charge in [0.25, 0.3) is 0 Å². The monoisotopic (exact) mass is 429 g/mol. The average Bonchev–Trinajstić information content (AvgIpc) is 2.76. The lowest BCUT2D eigenvalue weighted by atomic mass is 9.77. The predicted molar refractivity (Wildman–Crippen MR) is 115 cm³/mol. The van der Waals surface area contributed by atoms with Crippen molar-refractivity contribution in [1.29, 1.82) is 0 Å². The molecule has 0 aromatic heterocycles. The topological polar surface area (TPSA) is 165 Å². The summed E-state index contributed by atoms with van der Waals surface area (Å²) in [5.41, 5.74) is 7.03. The van der Waals surface area contributed by atoms with Crippen LogP contribution < -0.4 is 16.4 Å². The first-order valence-corrected chi connectivity index (χ1v) is 10.1. The highest BCUT2D eigenvalue weighted by Gasteiger charge is 2.37. The molecule has 0 heterocycles. The van der Waals surface area contributed by atoms with Crippen molar-refractivity contribution in [3.05, 3.63) is 51.6 Å². The summed E-state index contributed by atoms with van der Waals surface area (Å²) in [5, 5.41) is 45.0. The summed E-state index contributed by atoms with van der Waals surface area (Å²) in [6.07, 6.45) is 0.460. The standard InChI is InChI=1S/C22H27N3O6/c23-19-12(4-6-24-8-10-26)17-18(14(21(19)30)5-7-25-9-11-27)22(31)16-13(20(17)29)2-1-3-15(16)28/h1-3,24-28,30H,4-11,23H2. The van der Waals surface area contributed by atoms with Crippen LogP contribution in [-0.4, -0.2) is 71.4 Å². The van der Waals surface area contributed by atoms with E-state index >= 15 is 0 Å². The lowest BCUT2D eigenvalue weighted by molar-refractivity contribution is 0.0975. The summed E-state index contributed by atoms with van der Waals surface area (Å²) < 4.78 is 0. The van der Waals surface area contributed by atoms with Crippen LogP contribution in [0.1, 0.15) is 43.0 Å². The summed E-state index contributed by atoms with van der Waals surface area (Å²) in [7, 11) is 0. The van der Waals surface area contributed by atoms with Gasteiger partial charge in [0.1, 0.15) is 11.5 Å². The first-order valence-electron chi connectivity index (χ1n) is 10.1. The smallest absolute Gasteiger partial charge is 0.198 e. The second-order valence-electron chi connectivity index (χ2n) is 7.27. The normalized spacial score (nSPS) is 12.7. The second-order valence-corrected chi connectivity index (χ2v) is 7.27. The number of nitrogens with one attached hydrogen (secondary N) is 2. The van der Waals surface area contributed by atoms with Crippen molar-refractivity contribution in [2.45, 2.75) is 12.8 Å². The highest BCUT2D eigenvalue weighted by molar-refractivity contribution is 6.31. The van der Waals surface area contributed by atoms with Gasteiger partial charge in [-0.25, -0.2) is 0 Å². The molecule has 1 aliphatic carbocycles. The molecule has 0 aliphatic heterocycles. The number of hydrogen-bond donors (Lipinski definition) is 7. The molecule has 9 nitrogen and oxygen atoms in total. The molecule has 2 aromatic rings. The summed E-state index contributed by atoms with van der Waals surface area (Å²) in [6.45, 7) is 1.29. The van der Waals surface area contributed by atoms with Crippen molar-refractivity contribution in [3.63, 3.8) is 0 Å². The molecule has 8 N–H and O–H groups in total. The largest absolute Gasteiger partial charge is 0.507 e. The van der Waals surface area contributed by atoms with E-state index in [1.165, 1.54) is 18.2 Å². The number of carbonyl (C=O) groups is 2. The number of ketones is 2. The van der Waals surface area contributed by atoms with Gasteiger partial charge < -0.3 is 36.8 Å². The van der Waals surface area contributed by atoms with Gasteiger partial charge in [0, 0.05) is 35.3 Å². The highest BCUT2D eigenvalue weighted by Crippen LogP contribution is 2.42. The number of hydrogen-bond acceptors (Lipinski definition) is 9. The number of benzene rings is 2. The molecule has 0 spiro atoms. The third-order valence-corrected chi connectivity index (χ3v) is 5.37. The predicted octanol–water partition coefficient (Wildman–Crippen LogP) is -0.296. The maximum atomic E-state index is 13.4. The molecule has 0 amide bonds. The highest BCUT2D eigenvalue weighted by atomic mass is 16.3. The molecule has 166 valence electrons. The third kappa shape index (κ3) is 4.26. The minimum atomic E-state index is -0.542. The Morgan fingerprint density at radius 3 is 1.97 bits per heavy atom. The zero-order valence-corrected chi connectivity index (χ0v) is 17.1. The van der Waals surface area contributed by atoms with Crippen LogP contribution in [-0.2, 0) is 12.8 Å². The van der Waals surface area contributed by atoms with E-state index in [1.54, 1.807) is 0 Å². The van der Waals surface area contributed by atoms with Crippen LogP contribution in [0.25, 0.3) is 0 Å². The zero-order chi connectivity index (χ0) is 22.5. The molecule has 0 saturated heterocycles. The van der Waals surface area contributed by atoms with Crippen molar-refractivity contribution < 1.29 is 30.0 Å². The number of aliphatic hydroxyl groups is 2. The molecule has 0 atom stereocenters. The lowest BCUT2D eigenvalue weighted by Gasteiger charge is -2.26.